The van der Waals surface area contributed by atoms with Gasteiger partial charge in [-0.05, 0) is 6.26 Å². The Labute approximate surface area is 75.6 Å². The Kier molecular flexibility index (Phi) is 3.73. The number of nitrogens with zero attached hydrogens (tertiary/aromatic N) is 2. The van der Waals surface area contributed by atoms with E-state index >= 15 is 0 Å². The zero-order valence-electron chi connectivity index (χ0n) is 6.86. The van der Waals surface area contributed by atoms with Crippen LogP contribution in [0.1, 0.15) is 16.8 Å². The number of carbonyl (C=O) groups is 1. The number of Topliss-reactive ketones (excluding diaryl/α,β-unsaturated/α-hetero) is 1. The second kappa shape index (κ2) is 4.87. The predicted molar refractivity (Wildman–Crippen MR) is 49.4 cm³/mol. The smallest absolute Gasteiger partial charge is 0.166 e. The molecule has 0 bridgehead atoms. The minimum absolute atomic E-state index is 0.116. The highest BCUT2D eigenvalue weighted by Gasteiger charge is 2.04. The van der Waals surface area contributed by atoms with Crippen LogP contribution >= 0.6 is 11.8 Å². The van der Waals surface area contributed by atoms with Crippen molar-refractivity contribution in [3.8, 4) is 0 Å². The quantitative estimate of drug-likeness (QED) is 0.660. The molecule has 1 rings (SSSR count). The fraction of sp³-hybridized carbons (Fsp3) is 0.375. The van der Waals surface area contributed by atoms with Gasteiger partial charge >= 0.3 is 0 Å². The SMILES string of the molecule is CSCCC(=O)c1cncnc1. The van der Waals surface area contributed by atoms with Crippen molar-refractivity contribution in [1.29, 1.82) is 0 Å². The maximum atomic E-state index is 11.3. The van der Waals surface area contributed by atoms with Crippen LogP contribution in [-0.2, 0) is 0 Å². The summed E-state index contributed by atoms with van der Waals surface area (Å²) in [6.45, 7) is 0. The van der Waals surface area contributed by atoms with Crippen molar-refractivity contribution in [2.24, 2.45) is 0 Å². The first kappa shape index (κ1) is 9.19. The van der Waals surface area contributed by atoms with E-state index in [-0.39, 0.29) is 5.78 Å². The molecule has 0 aliphatic carbocycles. The molecule has 12 heavy (non-hydrogen) atoms. The van der Waals surface area contributed by atoms with E-state index in [1.54, 1.807) is 24.2 Å². The third-order valence-corrected chi connectivity index (χ3v) is 2.03. The normalized spacial score (nSPS) is 9.75. The summed E-state index contributed by atoms with van der Waals surface area (Å²) >= 11 is 1.66. The molecule has 0 aliphatic heterocycles. The van der Waals surface area contributed by atoms with E-state index in [9.17, 15) is 4.79 Å². The molecule has 0 aliphatic rings. The van der Waals surface area contributed by atoms with Crippen molar-refractivity contribution in [1.82, 2.24) is 9.97 Å². The summed E-state index contributed by atoms with van der Waals surface area (Å²) in [5, 5.41) is 0. The van der Waals surface area contributed by atoms with E-state index in [0.29, 0.717) is 12.0 Å². The largest absolute Gasteiger partial charge is 0.294 e. The summed E-state index contributed by atoms with van der Waals surface area (Å²) in [6.07, 6.45) is 7.07. The van der Waals surface area contributed by atoms with Gasteiger partial charge in [0.15, 0.2) is 5.78 Å². The van der Waals surface area contributed by atoms with Crippen LogP contribution < -0.4 is 0 Å². The van der Waals surface area contributed by atoms with Crippen molar-refractivity contribution in [2.45, 2.75) is 6.42 Å². The van der Waals surface area contributed by atoms with Crippen molar-refractivity contribution >= 4 is 17.5 Å². The average molecular weight is 182 g/mol. The number of carbonyl (C=O) groups excluding carboxylic acids is 1. The summed E-state index contributed by atoms with van der Waals surface area (Å²) in [5.74, 6) is 0.971. The van der Waals surface area contributed by atoms with Gasteiger partial charge < -0.3 is 0 Å². The molecule has 0 amide bonds. The molecule has 0 saturated heterocycles. The van der Waals surface area contributed by atoms with E-state index in [1.807, 2.05) is 6.26 Å². The number of hydrogen-bond donors (Lipinski definition) is 0. The van der Waals surface area contributed by atoms with Gasteiger partial charge in [-0.3, -0.25) is 4.79 Å². The Morgan fingerprint density at radius 1 is 1.50 bits per heavy atom. The maximum absolute atomic E-state index is 11.3. The lowest BCUT2D eigenvalue weighted by molar-refractivity contribution is 0.0989. The first-order chi connectivity index (χ1) is 5.84. The molecule has 0 aromatic carbocycles. The summed E-state index contributed by atoms with van der Waals surface area (Å²) in [6, 6.07) is 0. The van der Waals surface area contributed by atoms with E-state index in [4.69, 9.17) is 0 Å². The fourth-order valence-electron chi connectivity index (χ4n) is 0.782. The molecule has 0 N–H and O–H groups in total. The molecular weight excluding hydrogens is 172 g/mol. The van der Waals surface area contributed by atoms with Crippen LogP contribution in [0.2, 0.25) is 0 Å². The number of rotatable bonds is 4. The number of ketones is 1. The van der Waals surface area contributed by atoms with E-state index in [2.05, 4.69) is 9.97 Å². The zero-order chi connectivity index (χ0) is 8.81. The Hall–Kier alpha value is -0.900. The van der Waals surface area contributed by atoms with Gasteiger partial charge in [0.05, 0.1) is 5.56 Å². The zero-order valence-corrected chi connectivity index (χ0v) is 7.67. The highest BCUT2D eigenvalue weighted by Crippen LogP contribution is 2.03. The number of aromatic nitrogens is 2. The minimum atomic E-state index is 0.116. The van der Waals surface area contributed by atoms with Crippen molar-refractivity contribution in [2.75, 3.05) is 12.0 Å². The average Bonchev–Trinajstić information content (AvgIpc) is 2.15. The lowest BCUT2D eigenvalue weighted by Gasteiger charge is -1.96. The lowest BCUT2D eigenvalue weighted by atomic mass is 10.2. The van der Waals surface area contributed by atoms with Gasteiger partial charge in [0, 0.05) is 24.6 Å². The number of hydrogen-bond acceptors (Lipinski definition) is 4. The summed E-state index contributed by atoms with van der Waals surface area (Å²) in [7, 11) is 0. The minimum Gasteiger partial charge on any atom is -0.294 e. The Bertz CT molecular complexity index is 250. The molecule has 64 valence electrons. The molecule has 1 aromatic rings. The fourth-order valence-corrected chi connectivity index (χ4v) is 1.17. The monoisotopic (exact) mass is 182 g/mol. The van der Waals surface area contributed by atoms with E-state index in [0.717, 1.165) is 5.75 Å². The van der Waals surface area contributed by atoms with Gasteiger partial charge in [0.1, 0.15) is 6.33 Å². The molecule has 0 unspecified atom stereocenters. The molecule has 4 heteroatoms. The van der Waals surface area contributed by atoms with E-state index < -0.39 is 0 Å². The molecule has 0 fully saturated rings. The van der Waals surface area contributed by atoms with Crippen LogP contribution in [0.25, 0.3) is 0 Å². The molecule has 0 radical (unpaired) electrons. The standard InChI is InChI=1S/C8H10N2OS/c1-12-3-2-8(11)7-4-9-6-10-5-7/h4-6H,2-3H2,1H3. The van der Waals surface area contributed by atoms with Gasteiger partial charge in [-0.1, -0.05) is 0 Å². The topological polar surface area (TPSA) is 42.9 Å². The van der Waals surface area contributed by atoms with Gasteiger partial charge in [-0.2, -0.15) is 11.8 Å². The highest BCUT2D eigenvalue weighted by molar-refractivity contribution is 7.98. The molecule has 1 heterocycles. The van der Waals surface area contributed by atoms with Gasteiger partial charge in [-0.25, -0.2) is 9.97 Å². The van der Waals surface area contributed by atoms with Crippen LogP contribution in [0.5, 0.6) is 0 Å². The second-order valence-electron chi connectivity index (χ2n) is 2.29. The lowest BCUT2D eigenvalue weighted by Crippen LogP contribution is -2.01. The summed E-state index contributed by atoms with van der Waals surface area (Å²) in [4.78, 5) is 18.9. The molecule has 1 aromatic heterocycles. The summed E-state index contributed by atoms with van der Waals surface area (Å²) in [5.41, 5.74) is 0.603. The summed E-state index contributed by atoms with van der Waals surface area (Å²) < 4.78 is 0. The van der Waals surface area contributed by atoms with Crippen LogP contribution in [0.15, 0.2) is 18.7 Å². The van der Waals surface area contributed by atoms with Crippen molar-refractivity contribution in [3.05, 3.63) is 24.3 Å². The van der Waals surface area contributed by atoms with Crippen LogP contribution in [-0.4, -0.2) is 27.8 Å². The third-order valence-electron chi connectivity index (χ3n) is 1.42. The third kappa shape index (κ3) is 2.62. The van der Waals surface area contributed by atoms with Crippen LogP contribution in [0.3, 0.4) is 0 Å². The Balaban J connectivity index is 2.54. The first-order valence-electron chi connectivity index (χ1n) is 3.61. The highest BCUT2D eigenvalue weighted by atomic mass is 32.2. The van der Waals surface area contributed by atoms with Crippen LogP contribution in [0.4, 0.5) is 0 Å². The first-order valence-corrected chi connectivity index (χ1v) is 5.01. The molecular formula is C8H10N2OS. The molecule has 0 spiro atoms. The van der Waals surface area contributed by atoms with Crippen LogP contribution in [0, 0.1) is 0 Å². The molecule has 0 atom stereocenters. The van der Waals surface area contributed by atoms with Crippen molar-refractivity contribution < 1.29 is 4.79 Å². The molecule has 3 nitrogen and oxygen atoms in total. The van der Waals surface area contributed by atoms with Gasteiger partial charge in [-0.15, -0.1) is 0 Å². The Morgan fingerprint density at radius 3 is 2.75 bits per heavy atom. The van der Waals surface area contributed by atoms with Gasteiger partial charge in [0.2, 0.25) is 0 Å². The Morgan fingerprint density at radius 2 is 2.17 bits per heavy atom. The molecule has 0 saturated carbocycles. The predicted octanol–water partition coefficient (Wildman–Crippen LogP) is 1.41. The number of thioether (sulfide) groups is 1. The van der Waals surface area contributed by atoms with Gasteiger partial charge in [0.25, 0.3) is 0 Å². The van der Waals surface area contributed by atoms with E-state index in [1.165, 1.54) is 6.33 Å². The second-order valence-corrected chi connectivity index (χ2v) is 3.28. The maximum Gasteiger partial charge on any atom is 0.166 e. The van der Waals surface area contributed by atoms with Crippen molar-refractivity contribution in [3.63, 3.8) is 0 Å².